The molecule has 1 aromatic rings. The molecule has 0 fully saturated rings. The molecule has 1 heterocycles. The van der Waals surface area contributed by atoms with Gasteiger partial charge in [0.25, 0.3) is 0 Å². The molecule has 0 saturated carbocycles. The van der Waals surface area contributed by atoms with E-state index in [0.29, 0.717) is 11.7 Å². The minimum Gasteiger partial charge on any atom is -0.409 e. The van der Waals surface area contributed by atoms with Gasteiger partial charge in [0.1, 0.15) is 0 Å². The molecule has 1 unspecified atom stereocenters. The first-order chi connectivity index (χ1) is 7.54. The number of hydrogen-bond donors (Lipinski definition) is 3. The summed E-state index contributed by atoms with van der Waals surface area (Å²) >= 11 is 0. The van der Waals surface area contributed by atoms with E-state index in [2.05, 4.69) is 20.6 Å². The van der Waals surface area contributed by atoms with E-state index < -0.39 is 5.92 Å². The molecule has 0 radical (unpaired) electrons. The van der Waals surface area contributed by atoms with E-state index in [1.54, 1.807) is 6.92 Å². The second-order valence-electron chi connectivity index (χ2n) is 3.20. The third kappa shape index (κ3) is 2.94. The van der Waals surface area contributed by atoms with Crippen molar-refractivity contribution >= 4 is 11.7 Å². The minimum atomic E-state index is -0.714. The smallest absolute Gasteiger partial charge is 0.246 e. The van der Waals surface area contributed by atoms with Crippen LogP contribution in [0.2, 0.25) is 0 Å². The van der Waals surface area contributed by atoms with Crippen molar-refractivity contribution in [3.05, 3.63) is 11.7 Å². The van der Waals surface area contributed by atoms with Gasteiger partial charge in [-0.05, 0) is 13.8 Å². The van der Waals surface area contributed by atoms with Crippen LogP contribution in [0.3, 0.4) is 0 Å². The van der Waals surface area contributed by atoms with Crippen molar-refractivity contribution in [2.24, 2.45) is 16.8 Å². The zero-order valence-electron chi connectivity index (χ0n) is 8.97. The zero-order valence-corrected chi connectivity index (χ0v) is 8.97. The predicted octanol–water partition coefficient (Wildman–Crippen LogP) is -0.623. The van der Waals surface area contributed by atoms with Gasteiger partial charge in [-0.15, -0.1) is 0 Å². The summed E-state index contributed by atoms with van der Waals surface area (Å²) in [6.45, 7) is 3.31. The Morgan fingerprint density at radius 2 is 2.44 bits per heavy atom. The van der Waals surface area contributed by atoms with Crippen molar-refractivity contribution in [2.75, 3.05) is 0 Å². The number of oxime groups is 1. The molecule has 4 N–H and O–H groups in total. The van der Waals surface area contributed by atoms with Crippen LogP contribution in [0.15, 0.2) is 9.68 Å². The van der Waals surface area contributed by atoms with Crippen LogP contribution >= 0.6 is 0 Å². The first kappa shape index (κ1) is 12.0. The molecule has 0 spiro atoms. The highest BCUT2D eigenvalue weighted by Crippen LogP contribution is 1.98. The Balaban J connectivity index is 2.47. The van der Waals surface area contributed by atoms with Crippen molar-refractivity contribution in [3.8, 4) is 0 Å². The second-order valence-corrected chi connectivity index (χ2v) is 3.20. The fraction of sp³-hybridized carbons (Fsp3) is 0.500. The highest BCUT2D eigenvalue weighted by atomic mass is 16.5. The van der Waals surface area contributed by atoms with E-state index in [1.165, 1.54) is 6.92 Å². The van der Waals surface area contributed by atoms with Gasteiger partial charge in [0.15, 0.2) is 11.7 Å². The second kappa shape index (κ2) is 5.10. The molecule has 1 rings (SSSR count). The number of carbonyl (C=O) groups is 1. The quantitative estimate of drug-likeness (QED) is 0.272. The maximum absolute atomic E-state index is 11.5. The summed E-state index contributed by atoms with van der Waals surface area (Å²) in [5.74, 6) is -0.453. The molecule has 0 aliphatic rings. The third-order valence-corrected chi connectivity index (χ3v) is 1.94. The molecule has 1 aromatic heterocycles. The number of nitrogens with zero attached hydrogens (tertiary/aromatic N) is 3. The van der Waals surface area contributed by atoms with Crippen molar-refractivity contribution in [3.63, 3.8) is 0 Å². The third-order valence-electron chi connectivity index (χ3n) is 1.94. The molecule has 88 valence electrons. The fourth-order valence-electron chi connectivity index (χ4n) is 0.949. The topological polar surface area (TPSA) is 127 Å². The lowest BCUT2D eigenvalue weighted by atomic mass is 10.1. The number of aromatic nitrogens is 2. The van der Waals surface area contributed by atoms with Crippen LogP contribution in [0.4, 0.5) is 0 Å². The summed E-state index contributed by atoms with van der Waals surface area (Å²) in [6, 6.07) is 0. The van der Waals surface area contributed by atoms with Crippen molar-refractivity contribution in [1.29, 1.82) is 0 Å². The molecule has 0 bridgehead atoms. The number of amides is 1. The van der Waals surface area contributed by atoms with Crippen LogP contribution < -0.4 is 11.1 Å². The van der Waals surface area contributed by atoms with E-state index in [1.807, 2.05) is 0 Å². The summed E-state index contributed by atoms with van der Waals surface area (Å²) in [4.78, 5) is 15.4. The highest BCUT2D eigenvalue weighted by molar-refractivity contribution is 6.01. The Morgan fingerprint density at radius 3 is 2.94 bits per heavy atom. The Morgan fingerprint density at radius 1 is 1.75 bits per heavy atom. The zero-order chi connectivity index (χ0) is 12.1. The average molecular weight is 227 g/mol. The van der Waals surface area contributed by atoms with Crippen LogP contribution in [0.5, 0.6) is 0 Å². The first-order valence-corrected chi connectivity index (χ1v) is 4.59. The fourth-order valence-corrected chi connectivity index (χ4v) is 0.949. The first-order valence-electron chi connectivity index (χ1n) is 4.59. The van der Waals surface area contributed by atoms with Gasteiger partial charge in [-0.25, -0.2) is 0 Å². The Bertz CT molecular complexity index is 400. The number of nitrogens with one attached hydrogen (secondary N) is 1. The van der Waals surface area contributed by atoms with Crippen molar-refractivity contribution in [2.45, 2.75) is 20.4 Å². The molecule has 0 aromatic carbocycles. The summed E-state index contributed by atoms with van der Waals surface area (Å²) in [5, 5.41) is 17.2. The van der Waals surface area contributed by atoms with Gasteiger partial charge in [0.2, 0.25) is 11.8 Å². The maximum Gasteiger partial charge on any atom is 0.246 e. The summed E-state index contributed by atoms with van der Waals surface area (Å²) in [7, 11) is 0. The van der Waals surface area contributed by atoms with Gasteiger partial charge in [-0.1, -0.05) is 10.3 Å². The summed E-state index contributed by atoms with van der Waals surface area (Å²) < 4.78 is 4.79. The maximum atomic E-state index is 11.5. The average Bonchev–Trinajstić information content (AvgIpc) is 2.69. The van der Waals surface area contributed by atoms with Crippen LogP contribution in [0.25, 0.3) is 0 Å². The predicted molar refractivity (Wildman–Crippen MR) is 53.5 cm³/mol. The monoisotopic (exact) mass is 227 g/mol. The Labute approximate surface area is 91.5 Å². The summed E-state index contributed by atoms with van der Waals surface area (Å²) in [5.41, 5.74) is 5.28. The molecule has 8 heteroatoms. The molecule has 0 aliphatic carbocycles. The molecule has 1 amide bonds. The van der Waals surface area contributed by atoms with Crippen LogP contribution in [0, 0.1) is 12.8 Å². The van der Waals surface area contributed by atoms with Gasteiger partial charge in [-0.3, -0.25) is 4.79 Å². The molecule has 16 heavy (non-hydrogen) atoms. The number of nitrogens with two attached hydrogens (primary N) is 1. The van der Waals surface area contributed by atoms with Crippen molar-refractivity contribution in [1.82, 2.24) is 15.5 Å². The number of carbonyl (C=O) groups excluding carboxylic acids is 1. The number of aryl methyl sites for hydroxylation is 1. The van der Waals surface area contributed by atoms with E-state index in [0.717, 1.165) is 0 Å². The standard InChI is InChI=1S/C8H13N5O3/c1-4(7(9)12-15)8(14)10-3-6-11-5(2)13-16-6/h4,15H,3H2,1-2H3,(H2,9,12)(H,10,14). The Hall–Kier alpha value is -2.12. The van der Waals surface area contributed by atoms with E-state index in [4.69, 9.17) is 15.5 Å². The number of rotatable bonds is 4. The van der Waals surface area contributed by atoms with Crippen LogP contribution in [-0.4, -0.2) is 27.1 Å². The van der Waals surface area contributed by atoms with Crippen LogP contribution in [0.1, 0.15) is 18.6 Å². The van der Waals surface area contributed by atoms with Crippen molar-refractivity contribution < 1.29 is 14.5 Å². The molecular formula is C8H13N5O3. The van der Waals surface area contributed by atoms with Gasteiger partial charge in [-0.2, -0.15) is 4.98 Å². The number of amidine groups is 1. The van der Waals surface area contributed by atoms with E-state index >= 15 is 0 Å². The lowest BCUT2D eigenvalue weighted by Crippen LogP contribution is -2.36. The van der Waals surface area contributed by atoms with Gasteiger partial charge >= 0.3 is 0 Å². The number of hydrogen-bond acceptors (Lipinski definition) is 6. The van der Waals surface area contributed by atoms with E-state index in [9.17, 15) is 4.79 Å². The molecule has 8 nitrogen and oxygen atoms in total. The van der Waals surface area contributed by atoms with Crippen LogP contribution in [-0.2, 0) is 11.3 Å². The molecule has 1 atom stereocenters. The lowest BCUT2D eigenvalue weighted by Gasteiger charge is -2.08. The Kier molecular flexibility index (Phi) is 3.81. The molecule has 0 aliphatic heterocycles. The largest absolute Gasteiger partial charge is 0.409 e. The van der Waals surface area contributed by atoms with Gasteiger partial charge < -0.3 is 20.8 Å². The van der Waals surface area contributed by atoms with Gasteiger partial charge in [0, 0.05) is 0 Å². The molecule has 0 saturated heterocycles. The normalized spacial score (nSPS) is 13.5. The minimum absolute atomic E-state index is 0.114. The van der Waals surface area contributed by atoms with E-state index in [-0.39, 0.29) is 18.3 Å². The SMILES string of the molecule is Cc1noc(CNC(=O)C(C)C(N)=NO)n1. The molecular weight excluding hydrogens is 214 g/mol. The van der Waals surface area contributed by atoms with Gasteiger partial charge in [0.05, 0.1) is 12.5 Å². The highest BCUT2D eigenvalue weighted by Gasteiger charge is 2.17. The lowest BCUT2D eigenvalue weighted by molar-refractivity contribution is -0.122. The summed E-state index contributed by atoms with van der Waals surface area (Å²) in [6.07, 6.45) is 0.